The van der Waals surface area contributed by atoms with Crippen molar-refractivity contribution in [3.05, 3.63) is 101 Å². The number of benzene rings is 3. The first kappa shape index (κ1) is 20.2. The van der Waals surface area contributed by atoms with E-state index in [0.717, 1.165) is 35.4 Å². The van der Waals surface area contributed by atoms with E-state index in [1.807, 2.05) is 53.4 Å². The van der Waals surface area contributed by atoms with Crippen LogP contribution < -0.4 is 10.1 Å². The van der Waals surface area contributed by atoms with Crippen LogP contribution in [0.1, 0.15) is 28.4 Å². The zero-order valence-electron chi connectivity index (χ0n) is 18.2. The highest BCUT2D eigenvalue weighted by atomic mass is 16.5. The molecule has 162 valence electrons. The van der Waals surface area contributed by atoms with E-state index in [1.54, 1.807) is 7.11 Å². The maximum Gasteiger partial charge on any atom is 0.318 e. The van der Waals surface area contributed by atoms with Crippen molar-refractivity contribution in [2.75, 3.05) is 20.2 Å². The molecule has 2 heterocycles. The van der Waals surface area contributed by atoms with E-state index in [0.29, 0.717) is 13.1 Å². The molecule has 4 aromatic rings. The van der Waals surface area contributed by atoms with Gasteiger partial charge in [-0.05, 0) is 47.7 Å². The molecule has 1 aliphatic rings. The van der Waals surface area contributed by atoms with Crippen LogP contribution in [0.25, 0.3) is 10.9 Å². The fourth-order valence-corrected chi connectivity index (χ4v) is 4.65. The minimum Gasteiger partial charge on any atom is -0.497 e. The molecule has 0 aliphatic carbocycles. The van der Waals surface area contributed by atoms with Crippen LogP contribution in [-0.4, -0.2) is 36.1 Å². The predicted molar refractivity (Wildman–Crippen MR) is 127 cm³/mol. The van der Waals surface area contributed by atoms with Gasteiger partial charge in [0.25, 0.3) is 0 Å². The summed E-state index contributed by atoms with van der Waals surface area (Å²) < 4.78 is 5.34. The van der Waals surface area contributed by atoms with E-state index in [1.165, 1.54) is 16.5 Å². The van der Waals surface area contributed by atoms with E-state index in [2.05, 4.69) is 40.6 Å². The molecule has 0 saturated heterocycles. The third-order valence-corrected chi connectivity index (χ3v) is 6.26. The van der Waals surface area contributed by atoms with E-state index in [4.69, 9.17) is 4.74 Å². The zero-order chi connectivity index (χ0) is 21.9. The van der Waals surface area contributed by atoms with E-state index in [9.17, 15) is 4.79 Å². The van der Waals surface area contributed by atoms with Gasteiger partial charge in [-0.25, -0.2) is 4.79 Å². The number of para-hydroxylation sites is 1. The number of fused-ring (bicyclic) bond motifs is 3. The van der Waals surface area contributed by atoms with Crippen molar-refractivity contribution < 1.29 is 9.53 Å². The summed E-state index contributed by atoms with van der Waals surface area (Å²) >= 11 is 0. The molecule has 32 heavy (non-hydrogen) atoms. The number of nitrogens with one attached hydrogen (secondary N) is 2. The van der Waals surface area contributed by atoms with Crippen LogP contribution >= 0.6 is 0 Å². The summed E-state index contributed by atoms with van der Waals surface area (Å²) in [6, 6.07) is 26.4. The Bertz CT molecular complexity index is 1210. The van der Waals surface area contributed by atoms with Gasteiger partial charge in [0.15, 0.2) is 0 Å². The molecule has 1 aromatic heterocycles. The second kappa shape index (κ2) is 8.79. The van der Waals surface area contributed by atoms with Crippen molar-refractivity contribution in [3.8, 4) is 5.75 Å². The Morgan fingerprint density at radius 3 is 2.56 bits per heavy atom. The van der Waals surface area contributed by atoms with Gasteiger partial charge in [-0.3, -0.25) is 0 Å². The summed E-state index contributed by atoms with van der Waals surface area (Å²) in [5, 5.41) is 4.38. The largest absolute Gasteiger partial charge is 0.497 e. The van der Waals surface area contributed by atoms with Crippen LogP contribution in [0.2, 0.25) is 0 Å². The lowest BCUT2D eigenvalue weighted by atomic mass is 9.92. The average Bonchev–Trinajstić information content (AvgIpc) is 3.23. The number of hydrogen-bond acceptors (Lipinski definition) is 2. The highest BCUT2D eigenvalue weighted by Crippen LogP contribution is 2.38. The van der Waals surface area contributed by atoms with Gasteiger partial charge >= 0.3 is 6.03 Å². The van der Waals surface area contributed by atoms with E-state index < -0.39 is 0 Å². The Kier molecular flexibility index (Phi) is 5.55. The number of carbonyl (C=O) groups is 1. The van der Waals surface area contributed by atoms with Crippen molar-refractivity contribution in [2.24, 2.45) is 0 Å². The average molecular weight is 426 g/mol. The van der Waals surface area contributed by atoms with Gasteiger partial charge in [0.2, 0.25) is 0 Å². The summed E-state index contributed by atoms with van der Waals surface area (Å²) in [5.41, 5.74) is 5.80. The normalized spacial score (nSPS) is 15.4. The Hall–Kier alpha value is -3.73. The van der Waals surface area contributed by atoms with E-state index in [-0.39, 0.29) is 12.1 Å². The lowest BCUT2D eigenvalue weighted by Gasteiger charge is -2.36. The van der Waals surface area contributed by atoms with Crippen molar-refractivity contribution >= 4 is 16.9 Å². The summed E-state index contributed by atoms with van der Waals surface area (Å²) in [5.74, 6) is 0.806. The van der Waals surface area contributed by atoms with Crippen LogP contribution in [0.4, 0.5) is 4.79 Å². The SMILES string of the molecule is COc1ccc(C2c3[nH]c4ccccc4c3CCN2C(=O)NCCc2ccccc2)cc1. The first-order valence-electron chi connectivity index (χ1n) is 11.1. The molecular formula is C27H27N3O2. The molecule has 0 spiro atoms. The van der Waals surface area contributed by atoms with Crippen molar-refractivity contribution in [1.29, 1.82) is 0 Å². The van der Waals surface area contributed by atoms with E-state index >= 15 is 0 Å². The molecule has 1 unspecified atom stereocenters. The molecule has 0 fully saturated rings. The minimum absolute atomic E-state index is 0.0361. The number of nitrogens with zero attached hydrogens (tertiary/aromatic N) is 1. The number of urea groups is 1. The quantitative estimate of drug-likeness (QED) is 0.469. The molecule has 5 heteroatoms. The molecule has 0 radical (unpaired) electrons. The summed E-state index contributed by atoms with van der Waals surface area (Å²) in [4.78, 5) is 18.9. The molecule has 2 N–H and O–H groups in total. The third kappa shape index (κ3) is 3.82. The fourth-order valence-electron chi connectivity index (χ4n) is 4.65. The zero-order valence-corrected chi connectivity index (χ0v) is 18.2. The monoisotopic (exact) mass is 425 g/mol. The van der Waals surface area contributed by atoms with Gasteiger partial charge < -0.3 is 19.9 Å². The number of aromatic amines is 1. The topological polar surface area (TPSA) is 57.4 Å². The molecule has 3 aromatic carbocycles. The first-order chi connectivity index (χ1) is 15.7. The maximum absolute atomic E-state index is 13.3. The van der Waals surface area contributed by atoms with Gasteiger partial charge in [0.05, 0.1) is 13.2 Å². The van der Waals surface area contributed by atoms with Gasteiger partial charge in [-0.2, -0.15) is 0 Å². The summed E-state index contributed by atoms with van der Waals surface area (Å²) in [7, 11) is 1.66. The predicted octanol–water partition coefficient (Wildman–Crippen LogP) is 5.08. The maximum atomic E-state index is 13.3. The molecule has 2 amide bonds. The molecule has 0 saturated carbocycles. The number of amides is 2. The number of rotatable bonds is 5. The Morgan fingerprint density at radius 2 is 1.78 bits per heavy atom. The second-order valence-corrected chi connectivity index (χ2v) is 8.15. The smallest absolute Gasteiger partial charge is 0.318 e. The van der Waals surface area contributed by atoms with Gasteiger partial charge in [-0.1, -0.05) is 60.7 Å². The van der Waals surface area contributed by atoms with Gasteiger partial charge in [-0.15, -0.1) is 0 Å². The summed E-state index contributed by atoms with van der Waals surface area (Å²) in [6.07, 6.45) is 1.64. The number of methoxy groups -OCH3 is 1. The van der Waals surface area contributed by atoms with Crippen molar-refractivity contribution in [3.63, 3.8) is 0 Å². The number of ether oxygens (including phenoxy) is 1. The Morgan fingerprint density at radius 1 is 1.03 bits per heavy atom. The standard InChI is InChI=1S/C27H27N3O2/c1-32-21-13-11-20(12-14-21)26-25-23(22-9-5-6-10-24(22)29-25)16-18-30(26)27(31)28-17-15-19-7-3-2-4-8-19/h2-14,26,29H,15-18H2,1H3,(H,28,31). The lowest BCUT2D eigenvalue weighted by Crippen LogP contribution is -2.46. The van der Waals surface area contributed by atoms with Crippen LogP contribution in [-0.2, 0) is 12.8 Å². The molecular weight excluding hydrogens is 398 g/mol. The number of aromatic nitrogens is 1. The third-order valence-electron chi connectivity index (χ3n) is 6.26. The van der Waals surface area contributed by atoms with Crippen LogP contribution in [0.15, 0.2) is 78.9 Å². The van der Waals surface area contributed by atoms with Crippen molar-refractivity contribution in [2.45, 2.75) is 18.9 Å². The highest BCUT2D eigenvalue weighted by molar-refractivity contribution is 5.86. The number of H-pyrrole nitrogens is 1. The minimum atomic E-state index is -0.172. The Labute approximate surface area is 188 Å². The molecule has 1 atom stereocenters. The Balaban J connectivity index is 1.44. The fraction of sp³-hybridized carbons (Fsp3) is 0.222. The highest BCUT2D eigenvalue weighted by Gasteiger charge is 2.34. The molecule has 0 bridgehead atoms. The first-order valence-corrected chi connectivity index (χ1v) is 11.1. The van der Waals surface area contributed by atoms with Gasteiger partial charge in [0, 0.05) is 29.7 Å². The second-order valence-electron chi connectivity index (χ2n) is 8.15. The van der Waals surface area contributed by atoms with Crippen LogP contribution in [0, 0.1) is 0 Å². The summed E-state index contributed by atoms with van der Waals surface area (Å²) in [6.45, 7) is 1.27. The molecule has 5 rings (SSSR count). The number of hydrogen-bond donors (Lipinski definition) is 2. The van der Waals surface area contributed by atoms with Crippen LogP contribution in [0.3, 0.4) is 0 Å². The van der Waals surface area contributed by atoms with Gasteiger partial charge in [0.1, 0.15) is 5.75 Å². The lowest BCUT2D eigenvalue weighted by molar-refractivity contribution is 0.179. The van der Waals surface area contributed by atoms with Crippen molar-refractivity contribution in [1.82, 2.24) is 15.2 Å². The van der Waals surface area contributed by atoms with Crippen LogP contribution in [0.5, 0.6) is 5.75 Å². The molecule has 5 nitrogen and oxygen atoms in total. The number of carbonyl (C=O) groups excluding carboxylic acids is 1. The molecule has 1 aliphatic heterocycles.